The van der Waals surface area contributed by atoms with Crippen LogP contribution in [-0.4, -0.2) is 12.5 Å². The smallest absolute Gasteiger partial charge is 0.248 e. The van der Waals surface area contributed by atoms with E-state index < -0.39 is 0 Å². The van der Waals surface area contributed by atoms with Crippen molar-refractivity contribution in [3.05, 3.63) is 64.7 Å². The quantitative estimate of drug-likeness (QED) is 0.841. The Morgan fingerprint density at radius 1 is 1.21 bits per heavy atom. The number of nitrogens with one attached hydrogen (secondary N) is 1. The molecule has 0 heterocycles. The summed E-state index contributed by atoms with van der Waals surface area (Å²) in [5.41, 5.74) is 1.67. The van der Waals surface area contributed by atoms with Crippen LogP contribution in [0.3, 0.4) is 0 Å². The minimum absolute atomic E-state index is 0.00918. The fraction of sp³-hybridized carbons (Fsp3) is 0.0556. The molecule has 5 nitrogen and oxygen atoms in total. The zero-order valence-electron chi connectivity index (χ0n) is 12.5. The summed E-state index contributed by atoms with van der Waals surface area (Å²) >= 11 is 5.91. The summed E-state index contributed by atoms with van der Waals surface area (Å²) < 4.78 is 5.14. The second-order valence-electron chi connectivity index (χ2n) is 4.64. The molecule has 0 saturated heterocycles. The van der Waals surface area contributed by atoms with Crippen LogP contribution in [0, 0.1) is 22.7 Å². The van der Waals surface area contributed by atoms with Gasteiger partial charge in [0.05, 0.1) is 10.6 Å². The lowest BCUT2D eigenvalue weighted by atomic mass is 10.2. The summed E-state index contributed by atoms with van der Waals surface area (Å²) in [6, 6.07) is 15.5. The average molecular weight is 338 g/mol. The number of hydrogen-bond donors (Lipinski definition) is 1. The van der Waals surface area contributed by atoms with Gasteiger partial charge in [0.15, 0.2) is 6.61 Å². The van der Waals surface area contributed by atoms with Crippen molar-refractivity contribution in [2.75, 3.05) is 11.9 Å². The van der Waals surface area contributed by atoms with Crippen LogP contribution in [0.4, 0.5) is 5.69 Å². The van der Waals surface area contributed by atoms with Gasteiger partial charge in [0.1, 0.15) is 17.9 Å². The van der Waals surface area contributed by atoms with E-state index in [1.54, 1.807) is 42.5 Å². The molecule has 0 saturated carbocycles. The molecule has 24 heavy (non-hydrogen) atoms. The highest BCUT2D eigenvalue weighted by atomic mass is 35.5. The van der Waals surface area contributed by atoms with Crippen molar-refractivity contribution in [1.29, 1.82) is 10.5 Å². The van der Waals surface area contributed by atoms with E-state index in [1.807, 2.05) is 12.1 Å². The van der Waals surface area contributed by atoms with Crippen LogP contribution in [0.2, 0.25) is 5.02 Å². The number of benzene rings is 2. The molecule has 0 aliphatic carbocycles. The number of nitrogens with zero attached hydrogens (tertiary/aromatic N) is 2. The average Bonchev–Trinajstić information content (AvgIpc) is 2.59. The van der Waals surface area contributed by atoms with E-state index >= 15 is 0 Å². The summed E-state index contributed by atoms with van der Waals surface area (Å²) in [6.45, 7) is -0.00918. The Labute approximate surface area is 144 Å². The lowest BCUT2D eigenvalue weighted by molar-refractivity contribution is -0.111. The van der Waals surface area contributed by atoms with Crippen molar-refractivity contribution in [2.45, 2.75) is 0 Å². The van der Waals surface area contributed by atoms with Crippen LogP contribution in [0.25, 0.3) is 6.08 Å². The number of amides is 1. The van der Waals surface area contributed by atoms with E-state index in [0.29, 0.717) is 17.0 Å². The Balaban J connectivity index is 1.96. The molecule has 1 N–H and O–H groups in total. The van der Waals surface area contributed by atoms with E-state index in [0.717, 1.165) is 5.56 Å². The van der Waals surface area contributed by atoms with Crippen LogP contribution in [0.1, 0.15) is 11.1 Å². The molecule has 2 rings (SSSR count). The van der Waals surface area contributed by atoms with Crippen molar-refractivity contribution < 1.29 is 9.53 Å². The van der Waals surface area contributed by atoms with Crippen LogP contribution < -0.4 is 10.1 Å². The van der Waals surface area contributed by atoms with Gasteiger partial charge in [-0.3, -0.25) is 4.79 Å². The van der Waals surface area contributed by atoms with Crippen molar-refractivity contribution in [1.82, 2.24) is 0 Å². The topological polar surface area (TPSA) is 85.9 Å². The van der Waals surface area contributed by atoms with Gasteiger partial charge < -0.3 is 10.1 Å². The number of nitriles is 2. The summed E-state index contributed by atoms with van der Waals surface area (Å²) in [6.07, 6.45) is 3.03. The minimum Gasteiger partial charge on any atom is -0.479 e. The standard InChI is InChI=1S/C18H12ClN3O2/c19-17-11-15(5-4-14(17)12-21)22-18(23)8-3-13-1-6-16(7-2-13)24-10-9-20/h1-8,11H,10H2,(H,22,23). The predicted octanol–water partition coefficient (Wildman–Crippen LogP) is 3.77. The minimum atomic E-state index is -0.319. The largest absolute Gasteiger partial charge is 0.479 e. The molecule has 0 bridgehead atoms. The molecule has 0 radical (unpaired) electrons. The van der Waals surface area contributed by atoms with E-state index in [-0.39, 0.29) is 17.5 Å². The van der Waals surface area contributed by atoms with Gasteiger partial charge >= 0.3 is 0 Å². The van der Waals surface area contributed by atoms with Gasteiger partial charge in [0, 0.05) is 11.8 Å². The highest BCUT2D eigenvalue weighted by molar-refractivity contribution is 6.32. The van der Waals surface area contributed by atoms with Gasteiger partial charge in [-0.05, 0) is 42.0 Å². The van der Waals surface area contributed by atoms with Gasteiger partial charge in [-0.15, -0.1) is 0 Å². The SMILES string of the molecule is N#CCOc1ccc(C=CC(=O)Nc2ccc(C#N)c(Cl)c2)cc1. The summed E-state index contributed by atoms with van der Waals surface area (Å²) in [5, 5.41) is 20.2. The summed E-state index contributed by atoms with van der Waals surface area (Å²) in [4.78, 5) is 11.9. The van der Waals surface area contributed by atoms with Crippen LogP contribution in [-0.2, 0) is 4.79 Å². The Morgan fingerprint density at radius 3 is 2.58 bits per heavy atom. The van der Waals surface area contributed by atoms with Crippen molar-refractivity contribution in [2.24, 2.45) is 0 Å². The molecule has 0 atom stereocenters. The molecule has 2 aromatic carbocycles. The molecule has 0 aromatic heterocycles. The number of anilines is 1. The third-order valence-electron chi connectivity index (χ3n) is 2.97. The van der Waals surface area contributed by atoms with Gasteiger partial charge in [-0.25, -0.2) is 0 Å². The first-order valence-corrected chi connectivity index (χ1v) is 7.28. The molecule has 0 unspecified atom stereocenters. The van der Waals surface area contributed by atoms with Gasteiger partial charge in [-0.2, -0.15) is 10.5 Å². The lowest BCUT2D eigenvalue weighted by Crippen LogP contribution is -2.07. The third kappa shape index (κ3) is 4.88. The van der Waals surface area contributed by atoms with Gasteiger partial charge in [0.25, 0.3) is 0 Å². The number of halogens is 1. The molecule has 118 valence electrons. The first-order valence-electron chi connectivity index (χ1n) is 6.91. The third-order valence-corrected chi connectivity index (χ3v) is 3.28. The van der Waals surface area contributed by atoms with Gasteiger partial charge in [0.2, 0.25) is 5.91 Å². The zero-order valence-corrected chi connectivity index (χ0v) is 13.2. The Hall–Kier alpha value is -3.28. The maximum Gasteiger partial charge on any atom is 0.248 e. The molecule has 0 spiro atoms. The maximum absolute atomic E-state index is 11.9. The Bertz CT molecular complexity index is 846. The summed E-state index contributed by atoms with van der Waals surface area (Å²) in [5.74, 6) is 0.269. The first kappa shape index (κ1) is 17.1. The van der Waals surface area contributed by atoms with E-state index in [9.17, 15) is 4.79 Å². The maximum atomic E-state index is 11.9. The van der Waals surface area contributed by atoms with Crippen LogP contribution >= 0.6 is 11.6 Å². The highest BCUT2D eigenvalue weighted by Gasteiger charge is 2.03. The molecule has 0 aliphatic heterocycles. The number of hydrogen-bond acceptors (Lipinski definition) is 4. The Kier molecular flexibility index (Phi) is 5.96. The lowest BCUT2D eigenvalue weighted by Gasteiger charge is -2.04. The number of rotatable bonds is 5. The monoisotopic (exact) mass is 337 g/mol. The first-order chi connectivity index (χ1) is 11.6. The molecule has 0 fully saturated rings. The second-order valence-corrected chi connectivity index (χ2v) is 5.05. The highest BCUT2D eigenvalue weighted by Crippen LogP contribution is 2.20. The molecule has 0 aliphatic rings. The van der Waals surface area contributed by atoms with Crippen LogP contribution in [0.5, 0.6) is 5.75 Å². The molecule has 6 heteroatoms. The number of carbonyl (C=O) groups excluding carboxylic acids is 1. The van der Waals surface area contributed by atoms with Gasteiger partial charge in [-0.1, -0.05) is 23.7 Å². The Morgan fingerprint density at radius 2 is 1.96 bits per heavy atom. The van der Waals surface area contributed by atoms with Crippen LogP contribution in [0.15, 0.2) is 48.5 Å². The normalized spacial score (nSPS) is 9.96. The molecule has 2 aromatic rings. The van der Waals surface area contributed by atoms with Crippen molar-refractivity contribution in [3.63, 3.8) is 0 Å². The molecule has 1 amide bonds. The fourth-order valence-corrected chi connectivity index (χ4v) is 2.05. The fourth-order valence-electron chi connectivity index (χ4n) is 1.83. The second kappa shape index (κ2) is 8.38. The number of ether oxygens (including phenoxy) is 1. The number of carbonyl (C=O) groups is 1. The molecular weight excluding hydrogens is 326 g/mol. The predicted molar refractivity (Wildman–Crippen MR) is 91.4 cm³/mol. The zero-order chi connectivity index (χ0) is 17.4. The van der Waals surface area contributed by atoms with E-state index in [1.165, 1.54) is 12.1 Å². The van der Waals surface area contributed by atoms with Crippen molar-refractivity contribution in [3.8, 4) is 17.9 Å². The van der Waals surface area contributed by atoms with Crippen molar-refractivity contribution >= 4 is 29.3 Å². The van der Waals surface area contributed by atoms with E-state index in [2.05, 4.69) is 5.32 Å². The van der Waals surface area contributed by atoms with E-state index in [4.69, 9.17) is 26.9 Å². The summed E-state index contributed by atoms with van der Waals surface area (Å²) in [7, 11) is 0. The molecular formula is C18H12ClN3O2.